The molecular weight excluding hydrogens is 230 g/mol. The van der Waals surface area contributed by atoms with Gasteiger partial charge in [-0.1, -0.05) is 0 Å². The number of piperidine rings is 1. The van der Waals surface area contributed by atoms with Gasteiger partial charge in [-0.3, -0.25) is 9.69 Å². The number of nitrogens with zero attached hydrogens (tertiary/aromatic N) is 3. The van der Waals surface area contributed by atoms with Crippen LogP contribution in [-0.4, -0.2) is 53.5 Å². The minimum absolute atomic E-state index is 0.0807. The van der Waals surface area contributed by atoms with Crippen molar-refractivity contribution in [1.82, 2.24) is 20.2 Å². The molecule has 2 N–H and O–H groups in total. The maximum atomic E-state index is 11.3. The molecule has 0 aromatic carbocycles. The van der Waals surface area contributed by atoms with Crippen molar-refractivity contribution in [1.29, 1.82) is 0 Å². The molecule has 0 bridgehead atoms. The fourth-order valence-electron chi connectivity index (χ4n) is 2.10. The Bertz CT molecular complexity index is 375. The summed E-state index contributed by atoms with van der Waals surface area (Å²) < 4.78 is 0. The van der Waals surface area contributed by atoms with E-state index in [2.05, 4.69) is 25.5 Å². The second kappa shape index (κ2) is 6.30. The van der Waals surface area contributed by atoms with E-state index in [-0.39, 0.29) is 5.91 Å². The second-order valence-electron chi connectivity index (χ2n) is 4.46. The minimum atomic E-state index is 0.0807. The predicted octanol–water partition coefficient (Wildman–Crippen LogP) is 0.0989. The topological polar surface area (TPSA) is 70.2 Å². The Morgan fingerprint density at radius 2 is 2.28 bits per heavy atom. The quantitative estimate of drug-likeness (QED) is 0.792. The van der Waals surface area contributed by atoms with Crippen LogP contribution in [0.4, 0.5) is 5.82 Å². The first-order chi connectivity index (χ1) is 8.78. The summed E-state index contributed by atoms with van der Waals surface area (Å²) in [5, 5.41) is 6.04. The fraction of sp³-hybridized carbons (Fsp3) is 0.583. The number of likely N-dealkylation sites (tertiary alicyclic amines) is 1. The molecule has 0 spiro atoms. The number of rotatable bonds is 4. The highest BCUT2D eigenvalue weighted by Crippen LogP contribution is 2.14. The first kappa shape index (κ1) is 12.8. The predicted molar refractivity (Wildman–Crippen MR) is 69.2 cm³/mol. The van der Waals surface area contributed by atoms with E-state index in [0.717, 1.165) is 31.7 Å². The highest BCUT2D eigenvalue weighted by molar-refractivity contribution is 5.77. The first-order valence-electron chi connectivity index (χ1n) is 6.23. The number of anilines is 1. The molecule has 2 heterocycles. The molecule has 1 fully saturated rings. The molecule has 0 aliphatic carbocycles. The maximum absolute atomic E-state index is 11.3. The second-order valence-corrected chi connectivity index (χ2v) is 4.46. The summed E-state index contributed by atoms with van der Waals surface area (Å²) in [7, 11) is 1.67. The van der Waals surface area contributed by atoms with Gasteiger partial charge in [0.1, 0.15) is 12.1 Å². The molecule has 18 heavy (non-hydrogen) atoms. The van der Waals surface area contributed by atoms with Crippen molar-refractivity contribution in [3.05, 3.63) is 18.6 Å². The Kier molecular flexibility index (Phi) is 4.46. The van der Waals surface area contributed by atoms with E-state index in [0.29, 0.717) is 12.6 Å². The van der Waals surface area contributed by atoms with Crippen LogP contribution in [0, 0.1) is 0 Å². The number of carbonyl (C=O) groups is 1. The molecule has 1 amide bonds. The molecule has 1 aromatic rings. The number of hydrogen-bond acceptors (Lipinski definition) is 5. The largest absolute Gasteiger partial charge is 0.367 e. The molecule has 1 aromatic heterocycles. The lowest BCUT2D eigenvalue weighted by Crippen LogP contribution is -2.43. The van der Waals surface area contributed by atoms with Crippen molar-refractivity contribution >= 4 is 11.7 Å². The average molecular weight is 249 g/mol. The van der Waals surface area contributed by atoms with E-state index < -0.39 is 0 Å². The van der Waals surface area contributed by atoms with Gasteiger partial charge >= 0.3 is 0 Å². The normalized spacial score (nSPS) is 17.4. The first-order valence-corrected chi connectivity index (χ1v) is 6.23. The molecular formula is C12H19N5O. The van der Waals surface area contributed by atoms with Crippen LogP contribution in [-0.2, 0) is 4.79 Å². The summed E-state index contributed by atoms with van der Waals surface area (Å²) in [5.74, 6) is 0.951. The lowest BCUT2D eigenvalue weighted by atomic mass is 10.1. The van der Waals surface area contributed by atoms with Gasteiger partial charge in [-0.25, -0.2) is 9.97 Å². The SMILES string of the molecule is CNC(=O)CN1CCC(Nc2ccncn2)CC1. The third kappa shape index (κ3) is 3.66. The number of aromatic nitrogens is 2. The molecule has 0 radical (unpaired) electrons. The molecule has 98 valence electrons. The third-order valence-electron chi connectivity index (χ3n) is 3.17. The Morgan fingerprint density at radius 1 is 1.50 bits per heavy atom. The number of nitrogens with one attached hydrogen (secondary N) is 2. The Balaban J connectivity index is 1.75. The van der Waals surface area contributed by atoms with E-state index in [1.54, 1.807) is 19.6 Å². The Labute approximate surface area is 107 Å². The van der Waals surface area contributed by atoms with Crippen LogP contribution < -0.4 is 10.6 Å². The summed E-state index contributed by atoms with van der Waals surface area (Å²) >= 11 is 0. The molecule has 6 nitrogen and oxygen atoms in total. The van der Waals surface area contributed by atoms with Crippen LogP contribution in [0.15, 0.2) is 18.6 Å². The number of likely N-dealkylation sites (N-methyl/N-ethyl adjacent to an activating group) is 1. The van der Waals surface area contributed by atoms with Gasteiger partial charge in [0.05, 0.1) is 6.54 Å². The highest BCUT2D eigenvalue weighted by Gasteiger charge is 2.20. The lowest BCUT2D eigenvalue weighted by Gasteiger charge is -2.31. The summed E-state index contributed by atoms with van der Waals surface area (Å²) in [5.41, 5.74) is 0. The number of carbonyl (C=O) groups excluding carboxylic acids is 1. The van der Waals surface area contributed by atoms with Crippen molar-refractivity contribution in [3.63, 3.8) is 0 Å². The molecule has 1 aliphatic heterocycles. The zero-order valence-corrected chi connectivity index (χ0v) is 10.6. The van der Waals surface area contributed by atoms with Crippen molar-refractivity contribution < 1.29 is 4.79 Å². The third-order valence-corrected chi connectivity index (χ3v) is 3.17. The van der Waals surface area contributed by atoms with Crippen molar-refractivity contribution in [3.8, 4) is 0 Å². The molecule has 0 atom stereocenters. The van der Waals surface area contributed by atoms with Crippen LogP contribution in [0.2, 0.25) is 0 Å². The van der Waals surface area contributed by atoms with Gasteiger partial charge < -0.3 is 10.6 Å². The van der Waals surface area contributed by atoms with Gasteiger partial charge in [0.15, 0.2) is 0 Å². The standard InChI is InChI=1S/C12H19N5O/c1-13-12(18)8-17-6-3-10(4-7-17)16-11-2-5-14-9-15-11/h2,5,9-10H,3-4,6-8H2,1H3,(H,13,18)(H,14,15,16). The molecule has 2 rings (SSSR count). The van der Waals surface area contributed by atoms with E-state index in [9.17, 15) is 4.79 Å². The monoisotopic (exact) mass is 249 g/mol. The maximum Gasteiger partial charge on any atom is 0.233 e. The van der Waals surface area contributed by atoms with Crippen molar-refractivity contribution in [2.24, 2.45) is 0 Å². The van der Waals surface area contributed by atoms with Gasteiger partial charge in [-0.2, -0.15) is 0 Å². The van der Waals surface area contributed by atoms with Crippen LogP contribution in [0.5, 0.6) is 0 Å². The zero-order valence-electron chi connectivity index (χ0n) is 10.6. The summed E-state index contributed by atoms with van der Waals surface area (Å²) in [6, 6.07) is 2.30. The fourth-order valence-corrected chi connectivity index (χ4v) is 2.10. The number of amides is 1. The van der Waals surface area contributed by atoms with E-state index in [1.165, 1.54) is 0 Å². The highest BCUT2D eigenvalue weighted by atomic mass is 16.1. The molecule has 0 unspecified atom stereocenters. The summed E-state index contributed by atoms with van der Waals surface area (Å²) in [4.78, 5) is 21.5. The smallest absolute Gasteiger partial charge is 0.233 e. The Morgan fingerprint density at radius 3 is 2.89 bits per heavy atom. The zero-order chi connectivity index (χ0) is 12.8. The van der Waals surface area contributed by atoms with Gasteiger partial charge in [-0.05, 0) is 18.9 Å². The molecule has 6 heteroatoms. The number of hydrogen-bond donors (Lipinski definition) is 2. The lowest BCUT2D eigenvalue weighted by molar-refractivity contribution is -0.122. The molecule has 0 saturated carbocycles. The van der Waals surface area contributed by atoms with E-state index in [1.807, 2.05) is 6.07 Å². The average Bonchev–Trinajstić information content (AvgIpc) is 2.42. The van der Waals surface area contributed by atoms with Gasteiger partial charge in [0, 0.05) is 32.4 Å². The van der Waals surface area contributed by atoms with Crippen molar-refractivity contribution in [2.75, 3.05) is 32.0 Å². The van der Waals surface area contributed by atoms with Crippen LogP contribution in [0.3, 0.4) is 0 Å². The van der Waals surface area contributed by atoms with E-state index in [4.69, 9.17) is 0 Å². The minimum Gasteiger partial charge on any atom is -0.367 e. The van der Waals surface area contributed by atoms with Crippen LogP contribution in [0.25, 0.3) is 0 Å². The van der Waals surface area contributed by atoms with Gasteiger partial charge in [0.2, 0.25) is 5.91 Å². The van der Waals surface area contributed by atoms with Crippen LogP contribution >= 0.6 is 0 Å². The summed E-state index contributed by atoms with van der Waals surface area (Å²) in [6.45, 7) is 2.38. The molecule has 1 aliphatic rings. The van der Waals surface area contributed by atoms with E-state index >= 15 is 0 Å². The van der Waals surface area contributed by atoms with Gasteiger partial charge in [0.25, 0.3) is 0 Å². The van der Waals surface area contributed by atoms with Crippen molar-refractivity contribution in [2.45, 2.75) is 18.9 Å². The summed E-state index contributed by atoms with van der Waals surface area (Å²) in [6.07, 6.45) is 5.33. The van der Waals surface area contributed by atoms with Gasteiger partial charge in [-0.15, -0.1) is 0 Å². The molecule has 1 saturated heterocycles. The van der Waals surface area contributed by atoms with Crippen LogP contribution in [0.1, 0.15) is 12.8 Å². The Hall–Kier alpha value is -1.69.